The van der Waals surface area contributed by atoms with Gasteiger partial charge in [0.15, 0.2) is 0 Å². The van der Waals surface area contributed by atoms with E-state index in [1.54, 1.807) is 25.3 Å². The summed E-state index contributed by atoms with van der Waals surface area (Å²) in [5.74, 6) is 0.831. The van der Waals surface area contributed by atoms with Crippen molar-refractivity contribution < 1.29 is 14.3 Å². The van der Waals surface area contributed by atoms with Crippen LogP contribution in [0.3, 0.4) is 0 Å². The van der Waals surface area contributed by atoms with Gasteiger partial charge in [0, 0.05) is 10.5 Å². The highest BCUT2D eigenvalue weighted by atomic mass is 79.9. The van der Waals surface area contributed by atoms with E-state index in [9.17, 15) is 4.79 Å². The normalized spacial score (nSPS) is 10.5. The third-order valence-electron chi connectivity index (χ3n) is 2.54. The van der Waals surface area contributed by atoms with Gasteiger partial charge in [-0.05, 0) is 48.0 Å². The Bertz CT molecular complexity index is 618. The van der Waals surface area contributed by atoms with Crippen molar-refractivity contribution in [3.63, 3.8) is 0 Å². The van der Waals surface area contributed by atoms with Crippen LogP contribution in [-0.4, -0.2) is 13.1 Å². The Morgan fingerprint density at radius 3 is 2.55 bits per heavy atom. The van der Waals surface area contributed by atoms with Gasteiger partial charge in [0.1, 0.15) is 11.5 Å². The van der Waals surface area contributed by atoms with Gasteiger partial charge < -0.3 is 9.47 Å². The van der Waals surface area contributed by atoms with E-state index in [1.165, 1.54) is 6.08 Å². The highest BCUT2D eigenvalue weighted by Gasteiger charge is 2.00. The number of esters is 1. The summed E-state index contributed by atoms with van der Waals surface area (Å²) in [5.41, 5.74) is 0.872. The van der Waals surface area contributed by atoms with Crippen LogP contribution in [0.1, 0.15) is 5.56 Å². The molecular formula is C16H13BrO3. The molecule has 102 valence electrons. The first-order chi connectivity index (χ1) is 9.67. The summed E-state index contributed by atoms with van der Waals surface area (Å²) in [6.07, 6.45) is 3.07. The molecule has 2 aromatic rings. The number of rotatable bonds is 4. The standard InChI is InChI=1S/C16H13BrO3/c1-19-15-4-2-3-12(11-15)5-10-16(18)20-14-8-6-13(17)7-9-14/h2-11H,1H3/b10-5+. The van der Waals surface area contributed by atoms with E-state index in [-0.39, 0.29) is 0 Å². The second-order valence-corrected chi connectivity index (χ2v) is 4.90. The largest absolute Gasteiger partial charge is 0.497 e. The third-order valence-corrected chi connectivity index (χ3v) is 3.07. The van der Waals surface area contributed by atoms with Gasteiger partial charge in [-0.1, -0.05) is 28.1 Å². The summed E-state index contributed by atoms with van der Waals surface area (Å²) >= 11 is 3.32. The second-order valence-electron chi connectivity index (χ2n) is 3.98. The van der Waals surface area contributed by atoms with E-state index < -0.39 is 5.97 Å². The van der Waals surface area contributed by atoms with Crippen LogP contribution in [0.15, 0.2) is 59.1 Å². The fourth-order valence-corrected chi connectivity index (χ4v) is 1.83. The molecule has 2 aromatic carbocycles. The van der Waals surface area contributed by atoms with E-state index in [1.807, 2.05) is 36.4 Å². The third kappa shape index (κ3) is 4.24. The molecule has 0 bridgehead atoms. The molecule has 0 amide bonds. The summed E-state index contributed by atoms with van der Waals surface area (Å²) in [5, 5.41) is 0. The first-order valence-corrected chi connectivity index (χ1v) is 6.76. The Labute approximate surface area is 126 Å². The molecule has 0 heterocycles. The maximum atomic E-state index is 11.7. The maximum absolute atomic E-state index is 11.7. The van der Waals surface area contributed by atoms with Gasteiger partial charge in [-0.25, -0.2) is 4.79 Å². The molecule has 0 atom stereocenters. The molecule has 2 rings (SSSR count). The second kappa shape index (κ2) is 6.91. The predicted molar refractivity (Wildman–Crippen MR) is 81.8 cm³/mol. The summed E-state index contributed by atoms with van der Waals surface area (Å²) < 4.78 is 11.2. The average Bonchev–Trinajstić information content (AvgIpc) is 2.48. The van der Waals surface area contributed by atoms with E-state index >= 15 is 0 Å². The summed E-state index contributed by atoms with van der Waals surface area (Å²) in [4.78, 5) is 11.7. The van der Waals surface area contributed by atoms with Crippen LogP contribution < -0.4 is 9.47 Å². The van der Waals surface area contributed by atoms with Crippen molar-refractivity contribution in [2.75, 3.05) is 7.11 Å². The van der Waals surface area contributed by atoms with E-state index in [0.717, 1.165) is 15.8 Å². The number of hydrogen-bond acceptors (Lipinski definition) is 3. The molecule has 0 aliphatic heterocycles. The highest BCUT2D eigenvalue weighted by molar-refractivity contribution is 9.10. The first kappa shape index (κ1) is 14.3. The molecule has 0 fully saturated rings. The van der Waals surface area contributed by atoms with Crippen LogP contribution in [-0.2, 0) is 4.79 Å². The fraction of sp³-hybridized carbons (Fsp3) is 0.0625. The smallest absolute Gasteiger partial charge is 0.336 e. The Hall–Kier alpha value is -2.07. The number of halogens is 1. The molecule has 0 unspecified atom stereocenters. The van der Waals surface area contributed by atoms with Crippen molar-refractivity contribution in [1.29, 1.82) is 0 Å². The zero-order valence-electron chi connectivity index (χ0n) is 10.9. The number of carbonyl (C=O) groups is 1. The van der Waals surface area contributed by atoms with Crippen LogP contribution in [0.2, 0.25) is 0 Å². The van der Waals surface area contributed by atoms with Crippen molar-refractivity contribution in [1.82, 2.24) is 0 Å². The highest BCUT2D eigenvalue weighted by Crippen LogP contribution is 2.17. The quantitative estimate of drug-likeness (QED) is 0.481. The van der Waals surface area contributed by atoms with Crippen LogP contribution in [0.4, 0.5) is 0 Å². The maximum Gasteiger partial charge on any atom is 0.336 e. The SMILES string of the molecule is COc1cccc(/C=C/C(=O)Oc2ccc(Br)cc2)c1. The van der Waals surface area contributed by atoms with Crippen molar-refractivity contribution in [3.05, 3.63) is 64.6 Å². The molecule has 20 heavy (non-hydrogen) atoms. The number of hydrogen-bond donors (Lipinski definition) is 0. The number of ether oxygens (including phenoxy) is 2. The van der Waals surface area contributed by atoms with Crippen molar-refractivity contribution in [2.24, 2.45) is 0 Å². The average molecular weight is 333 g/mol. The molecule has 0 spiro atoms. The van der Waals surface area contributed by atoms with Crippen LogP contribution in [0.25, 0.3) is 6.08 Å². The Morgan fingerprint density at radius 2 is 1.85 bits per heavy atom. The van der Waals surface area contributed by atoms with Crippen LogP contribution in [0.5, 0.6) is 11.5 Å². The first-order valence-electron chi connectivity index (χ1n) is 5.97. The molecule has 0 N–H and O–H groups in total. The lowest BCUT2D eigenvalue weighted by Gasteiger charge is -2.01. The van der Waals surface area contributed by atoms with Gasteiger partial charge in [-0.3, -0.25) is 0 Å². The van der Waals surface area contributed by atoms with Gasteiger partial charge in [-0.2, -0.15) is 0 Å². The zero-order valence-corrected chi connectivity index (χ0v) is 12.5. The topological polar surface area (TPSA) is 35.5 Å². The minimum absolute atomic E-state index is 0.421. The molecule has 0 aliphatic carbocycles. The molecule has 0 radical (unpaired) electrons. The van der Waals surface area contributed by atoms with Gasteiger partial charge in [0.25, 0.3) is 0 Å². The lowest BCUT2D eigenvalue weighted by Crippen LogP contribution is -2.03. The number of carbonyl (C=O) groups excluding carboxylic acids is 1. The van der Waals surface area contributed by atoms with Gasteiger partial charge in [-0.15, -0.1) is 0 Å². The van der Waals surface area contributed by atoms with Gasteiger partial charge in [0.05, 0.1) is 7.11 Å². The number of benzene rings is 2. The van der Waals surface area contributed by atoms with Gasteiger partial charge >= 0.3 is 5.97 Å². The number of methoxy groups -OCH3 is 1. The molecular weight excluding hydrogens is 320 g/mol. The molecule has 0 saturated heterocycles. The monoisotopic (exact) mass is 332 g/mol. The molecule has 0 aromatic heterocycles. The van der Waals surface area contributed by atoms with Crippen molar-refractivity contribution in [2.45, 2.75) is 0 Å². The van der Waals surface area contributed by atoms with E-state index in [0.29, 0.717) is 5.75 Å². The van der Waals surface area contributed by atoms with Crippen molar-refractivity contribution in [3.8, 4) is 11.5 Å². The Kier molecular flexibility index (Phi) is 4.96. The van der Waals surface area contributed by atoms with Crippen LogP contribution in [0, 0.1) is 0 Å². The van der Waals surface area contributed by atoms with Gasteiger partial charge in [0.2, 0.25) is 0 Å². The molecule has 4 heteroatoms. The Balaban J connectivity index is 1.99. The fourth-order valence-electron chi connectivity index (χ4n) is 1.56. The zero-order chi connectivity index (χ0) is 14.4. The minimum Gasteiger partial charge on any atom is -0.497 e. The summed E-state index contributed by atoms with van der Waals surface area (Å²) in [6, 6.07) is 14.5. The van der Waals surface area contributed by atoms with Crippen molar-refractivity contribution >= 4 is 28.0 Å². The minimum atomic E-state index is -0.421. The summed E-state index contributed by atoms with van der Waals surface area (Å²) in [7, 11) is 1.60. The van der Waals surface area contributed by atoms with E-state index in [4.69, 9.17) is 9.47 Å². The molecule has 0 saturated carbocycles. The summed E-state index contributed by atoms with van der Waals surface area (Å²) in [6.45, 7) is 0. The van der Waals surface area contributed by atoms with Crippen LogP contribution >= 0.6 is 15.9 Å². The predicted octanol–water partition coefficient (Wildman–Crippen LogP) is 4.08. The Morgan fingerprint density at radius 1 is 1.10 bits per heavy atom. The molecule has 0 aliphatic rings. The lowest BCUT2D eigenvalue weighted by molar-refractivity contribution is -0.128. The molecule has 3 nitrogen and oxygen atoms in total. The van der Waals surface area contributed by atoms with E-state index in [2.05, 4.69) is 15.9 Å². The lowest BCUT2D eigenvalue weighted by atomic mass is 10.2.